The molecule has 0 saturated carbocycles. The molecule has 1 N–H and O–H groups in total. The van der Waals surface area contributed by atoms with E-state index in [4.69, 9.17) is 14.6 Å². The fourth-order valence-corrected chi connectivity index (χ4v) is 4.23. The number of benzene rings is 1. The molecule has 1 aromatic carbocycles. The van der Waals surface area contributed by atoms with Gasteiger partial charge in [0, 0.05) is 62.6 Å². The lowest BCUT2D eigenvalue weighted by atomic mass is 10.0. The van der Waals surface area contributed by atoms with E-state index in [-0.39, 0.29) is 5.91 Å². The molecule has 7 nitrogen and oxygen atoms in total. The van der Waals surface area contributed by atoms with Gasteiger partial charge in [-0.05, 0) is 30.5 Å². The first-order chi connectivity index (χ1) is 14.2. The molecule has 0 atom stereocenters. The van der Waals surface area contributed by atoms with Crippen LogP contribution >= 0.6 is 0 Å². The molecule has 156 valence electrons. The van der Waals surface area contributed by atoms with Crippen LogP contribution in [0.3, 0.4) is 0 Å². The number of aromatic nitrogens is 2. The number of methoxy groups -OCH3 is 1. The Labute approximate surface area is 172 Å². The number of aryl methyl sites for hydroxylation is 2. The molecule has 29 heavy (non-hydrogen) atoms. The molecule has 0 bridgehead atoms. The van der Waals surface area contributed by atoms with Crippen LogP contribution in [0.5, 0.6) is 0 Å². The van der Waals surface area contributed by atoms with Crippen molar-refractivity contribution in [1.29, 1.82) is 0 Å². The summed E-state index contributed by atoms with van der Waals surface area (Å²) in [5.41, 5.74) is 6.77. The highest BCUT2D eigenvalue weighted by Crippen LogP contribution is 2.29. The second-order valence-electron chi connectivity index (χ2n) is 7.81. The molecule has 2 aliphatic heterocycles. The van der Waals surface area contributed by atoms with Crippen molar-refractivity contribution in [3.63, 3.8) is 0 Å². The lowest BCUT2D eigenvalue weighted by molar-refractivity contribution is -0.116. The van der Waals surface area contributed by atoms with Crippen molar-refractivity contribution in [1.82, 2.24) is 9.78 Å². The van der Waals surface area contributed by atoms with Gasteiger partial charge in [0.2, 0.25) is 5.91 Å². The minimum absolute atomic E-state index is 0.0142. The van der Waals surface area contributed by atoms with Gasteiger partial charge < -0.3 is 19.7 Å². The largest absolute Gasteiger partial charge is 0.383 e. The predicted molar refractivity (Wildman–Crippen MR) is 112 cm³/mol. The Bertz CT molecular complexity index is 877. The molecule has 0 unspecified atom stereocenters. The second-order valence-corrected chi connectivity index (χ2v) is 7.81. The van der Waals surface area contributed by atoms with E-state index in [0.717, 1.165) is 49.5 Å². The highest BCUT2D eigenvalue weighted by Gasteiger charge is 2.21. The molecule has 2 aliphatic rings. The third kappa shape index (κ3) is 4.46. The molecule has 1 aromatic heterocycles. The molecule has 3 heterocycles. The van der Waals surface area contributed by atoms with Gasteiger partial charge in [0.1, 0.15) is 0 Å². The average Bonchev–Trinajstić information content (AvgIpc) is 3.09. The zero-order valence-electron chi connectivity index (χ0n) is 17.4. The number of hydrogen-bond acceptors (Lipinski definition) is 5. The summed E-state index contributed by atoms with van der Waals surface area (Å²) >= 11 is 0. The van der Waals surface area contributed by atoms with Gasteiger partial charge in [-0.3, -0.25) is 9.48 Å². The first-order valence-electron chi connectivity index (χ1n) is 10.4. The third-order valence-electron chi connectivity index (χ3n) is 5.80. The molecule has 4 rings (SSSR count). The molecule has 1 amide bonds. The van der Waals surface area contributed by atoms with E-state index in [1.54, 1.807) is 7.11 Å². The van der Waals surface area contributed by atoms with Gasteiger partial charge in [0.05, 0.1) is 32.1 Å². The van der Waals surface area contributed by atoms with Crippen LogP contribution in [0.15, 0.2) is 18.2 Å². The Morgan fingerprint density at radius 2 is 2.24 bits per heavy atom. The van der Waals surface area contributed by atoms with E-state index in [1.165, 1.54) is 23.4 Å². The van der Waals surface area contributed by atoms with E-state index >= 15 is 0 Å². The monoisotopic (exact) mass is 398 g/mol. The van der Waals surface area contributed by atoms with Crippen molar-refractivity contribution in [2.75, 3.05) is 44.1 Å². The second kappa shape index (κ2) is 8.97. The molecule has 0 spiro atoms. The zero-order valence-corrected chi connectivity index (χ0v) is 17.4. The minimum Gasteiger partial charge on any atom is -0.383 e. The van der Waals surface area contributed by atoms with E-state index in [9.17, 15) is 4.79 Å². The number of nitrogens with one attached hydrogen (secondary N) is 1. The Balaban J connectivity index is 1.40. The minimum atomic E-state index is 0.0142. The number of carbonyl (C=O) groups is 1. The number of rotatable bonds is 7. The van der Waals surface area contributed by atoms with Crippen LogP contribution in [0.1, 0.15) is 35.4 Å². The summed E-state index contributed by atoms with van der Waals surface area (Å²) in [5, 5.41) is 7.80. The molecular formula is C22H30N4O3. The van der Waals surface area contributed by atoms with Gasteiger partial charge in [0.15, 0.2) is 0 Å². The number of amides is 1. The maximum absolute atomic E-state index is 12.6. The quantitative estimate of drug-likeness (QED) is 0.776. The van der Waals surface area contributed by atoms with Crippen molar-refractivity contribution >= 4 is 17.3 Å². The summed E-state index contributed by atoms with van der Waals surface area (Å²) in [6.07, 6.45) is 4.16. The molecule has 0 saturated heterocycles. The van der Waals surface area contributed by atoms with Gasteiger partial charge in [0.25, 0.3) is 0 Å². The zero-order chi connectivity index (χ0) is 20.2. The fraction of sp³-hybridized carbons (Fsp3) is 0.545. The molecule has 2 aromatic rings. The maximum Gasteiger partial charge on any atom is 0.224 e. The Hall–Kier alpha value is -2.38. The summed E-state index contributed by atoms with van der Waals surface area (Å²) in [6.45, 7) is 3.72. The first kappa shape index (κ1) is 19.9. The molecule has 0 fully saturated rings. The average molecular weight is 399 g/mol. The van der Waals surface area contributed by atoms with Crippen LogP contribution in [0.25, 0.3) is 0 Å². The highest BCUT2D eigenvalue weighted by molar-refractivity contribution is 5.91. The van der Waals surface area contributed by atoms with Crippen molar-refractivity contribution in [2.45, 2.75) is 45.3 Å². The lowest BCUT2D eigenvalue weighted by Crippen LogP contribution is -2.25. The number of ether oxygens (including phenoxy) is 2. The van der Waals surface area contributed by atoms with Crippen molar-refractivity contribution in [2.24, 2.45) is 0 Å². The van der Waals surface area contributed by atoms with E-state index < -0.39 is 0 Å². The van der Waals surface area contributed by atoms with Crippen LogP contribution in [-0.2, 0) is 46.7 Å². The summed E-state index contributed by atoms with van der Waals surface area (Å²) in [7, 11) is 3.80. The number of hydrogen-bond donors (Lipinski definition) is 1. The van der Waals surface area contributed by atoms with Crippen LogP contribution in [0.2, 0.25) is 0 Å². The number of fused-ring (bicyclic) bond motifs is 2. The van der Waals surface area contributed by atoms with Crippen molar-refractivity contribution in [3.05, 3.63) is 40.7 Å². The molecular weight excluding hydrogens is 368 g/mol. The summed E-state index contributed by atoms with van der Waals surface area (Å²) in [5.74, 6) is 0.0142. The van der Waals surface area contributed by atoms with Crippen LogP contribution in [-0.4, -0.2) is 49.6 Å². The van der Waals surface area contributed by atoms with E-state index in [1.807, 2.05) is 10.7 Å². The Kier molecular flexibility index (Phi) is 6.16. The fourth-order valence-electron chi connectivity index (χ4n) is 4.23. The summed E-state index contributed by atoms with van der Waals surface area (Å²) in [4.78, 5) is 14.8. The van der Waals surface area contributed by atoms with E-state index in [0.29, 0.717) is 26.1 Å². The van der Waals surface area contributed by atoms with Crippen molar-refractivity contribution < 1.29 is 14.3 Å². The van der Waals surface area contributed by atoms with Crippen molar-refractivity contribution in [3.8, 4) is 0 Å². The Morgan fingerprint density at radius 3 is 3.10 bits per heavy atom. The van der Waals surface area contributed by atoms with Gasteiger partial charge in [-0.1, -0.05) is 6.07 Å². The molecule has 0 aliphatic carbocycles. The molecule has 0 radical (unpaired) electrons. The number of anilines is 2. The third-order valence-corrected chi connectivity index (χ3v) is 5.80. The van der Waals surface area contributed by atoms with Crippen LogP contribution in [0.4, 0.5) is 11.4 Å². The lowest BCUT2D eigenvalue weighted by Gasteiger charge is -2.28. The standard InChI is InChI=1S/C22H30N4O3/c1-25-10-3-4-16-5-6-17(14-21(16)25)23-22(27)8-7-19-18-15-29-12-9-20(18)26(24-19)11-13-28-2/h5-6,14H,3-4,7-13,15H2,1-2H3,(H,23,27). The van der Waals surface area contributed by atoms with Gasteiger partial charge in [-0.25, -0.2) is 0 Å². The normalized spacial score (nSPS) is 15.7. The van der Waals surface area contributed by atoms with E-state index in [2.05, 4.69) is 29.4 Å². The van der Waals surface area contributed by atoms with Gasteiger partial charge in [-0.2, -0.15) is 5.10 Å². The van der Waals surface area contributed by atoms with Crippen LogP contribution < -0.4 is 10.2 Å². The first-order valence-corrected chi connectivity index (χ1v) is 10.4. The Morgan fingerprint density at radius 1 is 1.34 bits per heavy atom. The van der Waals surface area contributed by atoms with Crippen LogP contribution in [0, 0.1) is 0 Å². The maximum atomic E-state index is 12.6. The number of carbonyl (C=O) groups excluding carboxylic acids is 1. The number of nitrogens with zero attached hydrogens (tertiary/aromatic N) is 3. The topological polar surface area (TPSA) is 68.6 Å². The SMILES string of the molecule is COCCn1nc(CCC(=O)Nc2ccc3c(c2)N(C)CCC3)c2c1CCOC2. The summed E-state index contributed by atoms with van der Waals surface area (Å²) < 4.78 is 12.8. The molecule has 7 heteroatoms. The highest BCUT2D eigenvalue weighted by atomic mass is 16.5. The predicted octanol–water partition coefficient (Wildman–Crippen LogP) is 2.56. The summed E-state index contributed by atoms with van der Waals surface area (Å²) in [6, 6.07) is 6.22. The van der Waals surface area contributed by atoms with Gasteiger partial charge in [-0.15, -0.1) is 0 Å². The smallest absolute Gasteiger partial charge is 0.224 e. The van der Waals surface area contributed by atoms with Gasteiger partial charge >= 0.3 is 0 Å².